The van der Waals surface area contributed by atoms with Gasteiger partial charge in [0.05, 0.1) is 19.8 Å². The van der Waals surface area contributed by atoms with Gasteiger partial charge in [-0.2, -0.15) is 0 Å². The van der Waals surface area contributed by atoms with Crippen molar-refractivity contribution in [3.63, 3.8) is 0 Å². The van der Waals surface area contributed by atoms with E-state index in [0.29, 0.717) is 53.8 Å². The molecule has 26 heavy (non-hydrogen) atoms. The second-order valence-corrected chi connectivity index (χ2v) is 7.64. The lowest BCUT2D eigenvalue weighted by atomic mass is 9.76. The summed E-state index contributed by atoms with van der Waals surface area (Å²) in [6.07, 6.45) is 3.85. The molecule has 3 aliphatic rings. The predicted molar refractivity (Wildman–Crippen MR) is 96.4 cm³/mol. The molecule has 3 saturated heterocycles. The first-order valence-corrected chi connectivity index (χ1v) is 9.41. The average molecular weight is 358 g/mol. The van der Waals surface area contributed by atoms with Gasteiger partial charge in [0.15, 0.2) is 0 Å². The van der Waals surface area contributed by atoms with Gasteiger partial charge in [0, 0.05) is 38.2 Å². The third kappa shape index (κ3) is 2.91. The second kappa shape index (κ2) is 6.82. The number of rotatable bonds is 3. The number of benzene rings is 1. The smallest absolute Gasteiger partial charge is 0.257 e. The van der Waals surface area contributed by atoms with E-state index >= 15 is 0 Å². The van der Waals surface area contributed by atoms with Gasteiger partial charge in [0.2, 0.25) is 5.91 Å². The van der Waals surface area contributed by atoms with Crippen molar-refractivity contribution in [2.75, 3.05) is 33.9 Å². The van der Waals surface area contributed by atoms with Crippen molar-refractivity contribution < 1.29 is 19.1 Å². The van der Waals surface area contributed by atoms with E-state index in [4.69, 9.17) is 9.47 Å². The molecule has 3 atom stereocenters. The highest BCUT2D eigenvalue weighted by molar-refractivity contribution is 5.97. The Morgan fingerprint density at radius 3 is 2.77 bits per heavy atom. The van der Waals surface area contributed by atoms with E-state index in [1.165, 1.54) is 0 Å². The monoisotopic (exact) mass is 358 g/mol. The molecule has 2 bridgehead atoms. The van der Waals surface area contributed by atoms with E-state index in [2.05, 4.69) is 4.90 Å². The summed E-state index contributed by atoms with van der Waals surface area (Å²) < 4.78 is 10.6. The molecule has 0 aromatic heterocycles. The molecule has 3 heterocycles. The van der Waals surface area contributed by atoms with Crippen LogP contribution in [0.5, 0.6) is 11.5 Å². The molecule has 0 aliphatic carbocycles. The first kappa shape index (κ1) is 17.2. The van der Waals surface area contributed by atoms with Crippen molar-refractivity contribution in [1.82, 2.24) is 9.80 Å². The van der Waals surface area contributed by atoms with Crippen LogP contribution in [0.15, 0.2) is 18.2 Å². The normalized spacial score (nSPS) is 27.8. The van der Waals surface area contributed by atoms with Crippen molar-refractivity contribution >= 4 is 11.8 Å². The van der Waals surface area contributed by atoms with Crippen molar-refractivity contribution in [3.8, 4) is 11.5 Å². The van der Waals surface area contributed by atoms with Crippen molar-refractivity contribution in [1.29, 1.82) is 0 Å². The zero-order valence-corrected chi connectivity index (χ0v) is 15.4. The van der Waals surface area contributed by atoms with Crippen LogP contribution in [0.1, 0.15) is 36.0 Å². The molecule has 6 heteroatoms. The van der Waals surface area contributed by atoms with Crippen LogP contribution in [0.2, 0.25) is 0 Å². The molecule has 6 nitrogen and oxygen atoms in total. The van der Waals surface area contributed by atoms with Crippen LogP contribution in [-0.4, -0.2) is 61.5 Å². The fourth-order valence-electron chi connectivity index (χ4n) is 4.92. The first-order valence-electron chi connectivity index (χ1n) is 9.41. The molecule has 2 amide bonds. The minimum atomic E-state index is 0.00906. The van der Waals surface area contributed by atoms with Crippen LogP contribution in [0.25, 0.3) is 0 Å². The highest BCUT2D eigenvalue weighted by Crippen LogP contribution is 2.38. The number of hydrogen-bond acceptors (Lipinski definition) is 4. The van der Waals surface area contributed by atoms with Gasteiger partial charge in [0.1, 0.15) is 11.5 Å². The van der Waals surface area contributed by atoms with Gasteiger partial charge >= 0.3 is 0 Å². The van der Waals surface area contributed by atoms with Crippen molar-refractivity contribution in [2.45, 2.75) is 31.7 Å². The SMILES string of the molecule is COc1ccc(C(=O)N2CC3CC(C2)[C@H]2CCCC(=O)N2C3)c(OC)c1. The molecule has 140 valence electrons. The highest BCUT2D eigenvalue weighted by Gasteiger charge is 2.45. The zero-order valence-electron chi connectivity index (χ0n) is 15.4. The molecule has 0 saturated carbocycles. The van der Waals surface area contributed by atoms with Crippen LogP contribution >= 0.6 is 0 Å². The number of ether oxygens (including phenoxy) is 2. The Kier molecular flexibility index (Phi) is 4.51. The summed E-state index contributed by atoms with van der Waals surface area (Å²) in [5.74, 6) is 2.28. The summed E-state index contributed by atoms with van der Waals surface area (Å²) >= 11 is 0. The summed E-state index contributed by atoms with van der Waals surface area (Å²) in [5, 5.41) is 0. The number of methoxy groups -OCH3 is 2. The van der Waals surface area contributed by atoms with Crippen LogP contribution in [0.3, 0.4) is 0 Å². The van der Waals surface area contributed by atoms with Gasteiger partial charge in [-0.1, -0.05) is 0 Å². The van der Waals surface area contributed by atoms with E-state index in [0.717, 1.165) is 32.4 Å². The molecule has 3 aliphatic heterocycles. The van der Waals surface area contributed by atoms with Gasteiger partial charge in [-0.25, -0.2) is 0 Å². The van der Waals surface area contributed by atoms with E-state index in [1.54, 1.807) is 32.4 Å². The molecule has 4 rings (SSSR count). The number of fused-ring (bicyclic) bond motifs is 4. The maximum atomic E-state index is 13.2. The lowest BCUT2D eigenvalue weighted by Crippen LogP contribution is -2.61. The van der Waals surface area contributed by atoms with Gasteiger partial charge < -0.3 is 19.3 Å². The largest absolute Gasteiger partial charge is 0.497 e. The third-order valence-electron chi connectivity index (χ3n) is 6.11. The fourth-order valence-corrected chi connectivity index (χ4v) is 4.92. The average Bonchev–Trinajstić information content (AvgIpc) is 2.67. The molecule has 2 unspecified atom stereocenters. The first-order chi connectivity index (χ1) is 12.6. The number of piperidine rings is 3. The van der Waals surface area contributed by atoms with E-state index in [9.17, 15) is 9.59 Å². The maximum Gasteiger partial charge on any atom is 0.257 e. The summed E-state index contributed by atoms with van der Waals surface area (Å²) in [6, 6.07) is 5.63. The molecule has 0 radical (unpaired) electrons. The lowest BCUT2D eigenvalue weighted by Gasteiger charge is -2.52. The molecular formula is C20H26N2O4. The number of carbonyl (C=O) groups excluding carboxylic acids is 2. The third-order valence-corrected chi connectivity index (χ3v) is 6.11. The summed E-state index contributed by atoms with van der Waals surface area (Å²) in [5.41, 5.74) is 0.574. The standard InChI is InChI=1S/C20H26N2O4/c1-25-15-6-7-16(18(9-15)26-2)20(24)21-10-13-8-14(12-21)17-4-3-5-19(23)22(17)11-13/h6-7,9,13-14,17H,3-5,8,10-12H2,1-2H3/t13?,14?,17-/m1/s1. The number of likely N-dealkylation sites (tertiary alicyclic amines) is 1. The molecule has 3 fully saturated rings. The minimum Gasteiger partial charge on any atom is -0.497 e. The van der Waals surface area contributed by atoms with Gasteiger partial charge in [-0.3, -0.25) is 9.59 Å². The number of hydrogen-bond donors (Lipinski definition) is 0. The second-order valence-electron chi connectivity index (χ2n) is 7.64. The summed E-state index contributed by atoms with van der Waals surface area (Å²) in [4.78, 5) is 29.5. The molecular weight excluding hydrogens is 332 g/mol. The van der Waals surface area contributed by atoms with Gasteiger partial charge in [-0.05, 0) is 43.2 Å². The van der Waals surface area contributed by atoms with Crippen molar-refractivity contribution in [2.24, 2.45) is 11.8 Å². The number of nitrogens with zero attached hydrogens (tertiary/aromatic N) is 2. The van der Waals surface area contributed by atoms with Crippen LogP contribution in [0.4, 0.5) is 0 Å². The van der Waals surface area contributed by atoms with Crippen molar-refractivity contribution in [3.05, 3.63) is 23.8 Å². The van der Waals surface area contributed by atoms with Crippen LogP contribution in [0, 0.1) is 11.8 Å². The Morgan fingerprint density at radius 2 is 2.00 bits per heavy atom. The Morgan fingerprint density at radius 1 is 1.15 bits per heavy atom. The molecule has 1 aromatic carbocycles. The van der Waals surface area contributed by atoms with Crippen LogP contribution < -0.4 is 9.47 Å². The van der Waals surface area contributed by atoms with Gasteiger partial charge in [-0.15, -0.1) is 0 Å². The number of carbonyl (C=O) groups is 2. The Labute approximate surface area is 154 Å². The van der Waals surface area contributed by atoms with E-state index in [-0.39, 0.29) is 5.91 Å². The van der Waals surface area contributed by atoms with Crippen LogP contribution in [-0.2, 0) is 4.79 Å². The minimum absolute atomic E-state index is 0.00906. The zero-order chi connectivity index (χ0) is 18.3. The number of amides is 2. The molecule has 1 aromatic rings. The predicted octanol–water partition coefficient (Wildman–Crippen LogP) is 2.18. The van der Waals surface area contributed by atoms with Gasteiger partial charge in [0.25, 0.3) is 5.91 Å². The lowest BCUT2D eigenvalue weighted by molar-refractivity contribution is -0.144. The highest BCUT2D eigenvalue weighted by atomic mass is 16.5. The summed E-state index contributed by atoms with van der Waals surface area (Å²) in [6.45, 7) is 2.23. The Balaban J connectivity index is 1.55. The molecule has 0 N–H and O–H groups in total. The quantitative estimate of drug-likeness (QED) is 0.831. The fraction of sp³-hybridized carbons (Fsp3) is 0.600. The Hall–Kier alpha value is -2.24. The molecule has 0 spiro atoms. The summed E-state index contributed by atoms with van der Waals surface area (Å²) in [7, 11) is 3.17. The topological polar surface area (TPSA) is 59.1 Å². The van der Waals surface area contributed by atoms with E-state index < -0.39 is 0 Å². The Bertz CT molecular complexity index is 720. The van der Waals surface area contributed by atoms with E-state index in [1.807, 2.05) is 4.90 Å². The maximum absolute atomic E-state index is 13.2.